The van der Waals surface area contributed by atoms with E-state index in [1.807, 2.05) is 30.3 Å². The van der Waals surface area contributed by atoms with E-state index in [9.17, 15) is 4.79 Å². The Bertz CT molecular complexity index is 542. The predicted octanol–water partition coefficient (Wildman–Crippen LogP) is 1.98. The van der Waals surface area contributed by atoms with Crippen molar-refractivity contribution in [1.82, 2.24) is 10.3 Å². The zero-order valence-electron chi connectivity index (χ0n) is 11.3. The maximum Gasteiger partial charge on any atom is 0.238 e. The minimum absolute atomic E-state index is 0.0810. The Morgan fingerprint density at radius 3 is 2.90 bits per heavy atom. The molecule has 2 N–H and O–H groups in total. The number of thiazole rings is 1. The largest absolute Gasteiger partial charge is 0.383 e. The Labute approximate surface area is 122 Å². The number of benzene rings is 1. The van der Waals surface area contributed by atoms with Crippen LogP contribution in [0.15, 0.2) is 35.8 Å². The summed E-state index contributed by atoms with van der Waals surface area (Å²) >= 11 is 1.42. The molecule has 1 aromatic heterocycles. The van der Waals surface area contributed by atoms with Crippen molar-refractivity contribution < 1.29 is 9.53 Å². The number of hydrogen-bond donors (Lipinski definition) is 2. The van der Waals surface area contributed by atoms with Crippen LogP contribution in [0.5, 0.6) is 0 Å². The van der Waals surface area contributed by atoms with Crippen LogP contribution < -0.4 is 10.6 Å². The molecule has 0 fully saturated rings. The fourth-order valence-corrected chi connectivity index (χ4v) is 2.40. The molecule has 0 aliphatic rings. The van der Waals surface area contributed by atoms with E-state index in [0.29, 0.717) is 13.2 Å². The van der Waals surface area contributed by atoms with Gasteiger partial charge in [-0.1, -0.05) is 30.3 Å². The number of nitrogens with zero attached hydrogens (tertiary/aromatic N) is 1. The number of methoxy groups -OCH3 is 1. The Morgan fingerprint density at radius 2 is 2.15 bits per heavy atom. The third-order valence-electron chi connectivity index (χ3n) is 2.64. The SMILES string of the molecule is COCCNCC(=O)Nc1scnc1-c1ccccc1. The fourth-order valence-electron chi connectivity index (χ4n) is 1.68. The predicted molar refractivity (Wildman–Crippen MR) is 80.9 cm³/mol. The van der Waals surface area contributed by atoms with Gasteiger partial charge in [-0.05, 0) is 0 Å². The quantitative estimate of drug-likeness (QED) is 0.766. The molecule has 2 aromatic rings. The van der Waals surface area contributed by atoms with Crippen LogP contribution in [0.1, 0.15) is 0 Å². The van der Waals surface area contributed by atoms with Crippen molar-refractivity contribution in [2.24, 2.45) is 0 Å². The summed E-state index contributed by atoms with van der Waals surface area (Å²) in [5.41, 5.74) is 3.54. The summed E-state index contributed by atoms with van der Waals surface area (Å²) in [6.45, 7) is 1.50. The minimum Gasteiger partial charge on any atom is -0.383 e. The van der Waals surface area contributed by atoms with Crippen molar-refractivity contribution in [3.05, 3.63) is 35.8 Å². The first-order valence-corrected chi connectivity index (χ1v) is 7.17. The van der Waals surface area contributed by atoms with Gasteiger partial charge in [0.05, 0.1) is 18.7 Å². The van der Waals surface area contributed by atoms with Gasteiger partial charge in [0, 0.05) is 19.2 Å². The van der Waals surface area contributed by atoms with Crippen molar-refractivity contribution in [3.63, 3.8) is 0 Å². The van der Waals surface area contributed by atoms with E-state index in [0.717, 1.165) is 16.3 Å². The van der Waals surface area contributed by atoms with Gasteiger partial charge < -0.3 is 15.4 Å². The van der Waals surface area contributed by atoms with Crippen molar-refractivity contribution in [2.45, 2.75) is 0 Å². The van der Waals surface area contributed by atoms with Crippen LogP contribution in [-0.4, -0.2) is 37.7 Å². The molecule has 0 aliphatic carbocycles. The smallest absolute Gasteiger partial charge is 0.238 e. The van der Waals surface area contributed by atoms with Gasteiger partial charge in [-0.3, -0.25) is 4.79 Å². The Kier molecular flexibility index (Phi) is 5.67. The van der Waals surface area contributed by atoms with Gasteiger partial charge in [0.1, 0.15) is 10.7 Å². The van der Waals surface area contributed by atoms with Crippen molar-refractivity contribution in [1.29, 1.82) is 0 Å². The van der Waals surface area contributed by atoms with Gasteiger partial charge >= 0.3 is 0 Å². The molecule has 0 bridgehead atoms. The molecule has 20 heavy (non-hydrogen) atoms. The molecule has 0 spiro atoms. The van der Waals surface area contributed by atoms with E-state index < -0.39 is 0 Å². The van der Waals surface area contributed by atoms with Crippen LogP contribution in [0.3, 0.4) is 0 Å². The lowest BCUT2D eigenvalue weighted by Crippen LogP contribution is -2.30. The number of amides is 1. The molecule has 0 saturated carbocycles. The fraction of sp³-hybridized carbons (Fsp3) is 0.286. The molecule has 1 amide bonds. The summed E-state index contributed by atoms with van der Waals surface area (Å²) < 4.78 is 4.90. The second-order valence-corrected chi connectivity index (χ2v) is 4.97. The highest BCUT2D eigenvalue weighted by atomic mass is 32.1. The Balaban J connectivity index is 1.94. The molecule has 0 unspecified atom stereocenters. The molecule has 6 heteroatoms. The summed E-state index contributed by atoms with van der Waals surface area (Å²) in [6, 6.07) is 9.80. The maximum atomic E-state index is 11.8. The van der Waals surface area contributed by atoms with Crippen LogP contribution in [0, 0.1) is 0 Å². The maximum absolute atomic E-state index is 11.8. The third-order valence-corrected chi connectivity index (χ3v) is 3.38. The standard InChI is InChI=1S/C14H17N3O2S/c1-19-8-7-15-9-12(18)17-14-13(16-10-20-14)11-5-3-2-4-6-11/h2-6,10,15H,7-9H2,1H3,(H,17,18). The normalized spacial score (nSPS) is 10.4. The Hall–Kier alpha value is -1.76. The minimum atomic E-state index is -0.0810. The number of carbonyl (C=O) groups excluding carboxylic acids is 1. The first-order chi connectivity index (χ1) is 9.81. The summed E-state index contributed by atoms with van der Waals surface area (Å²) in [5.74, 6) is -0.0810. The van der Waals surface area contributed by atoms with Gasteiger partial charge in [0.25, 0.3) is 0 Å². The number of ether oxygens (including phenoxy) is 1. The monoisotopic (exact) mass is 291 g/mol. The lowest BCUT2D eigenvalue weighted by molar-refractivity contribution is -0.115. The highest BCUT2D eigenvalue weighted by Crippen LogP contribution is 2.29. The van der Waals surface area contributed by atoms with Crippen molar-refractivity contribution in [3.8, 4) is 11.3 Å². The average Bonchev–Trinajstić information content (AvgIpc) is 2.92. The number of anilines is 1. The summed E-state index contributed by atoms with van der Waals surface area (Å²) in [7, 11) is 1.63. The first kappa shape index (κ1) is 14.6. The van der Waals surface area contributed by atoms with Crippen LogP contribution in [0.4, 0.5) is 5.00 Å². The van der Waals surface area contributed by atoms with Crippen LogP contribution in [0.2, 0.25) is 0 Å². The van der Waals surface area contributed by atoms with E-state index in [4.69, 9.17) is 4.74 Å². The van der Waals surface area contributed by atoms with E-state index in [2.05, 4.69) is 15.6 Å². The number of hydrogen-bond acceptors (Lipinski definition) is 5. The van der Waals surface area contributed by atoms with Gasteiger partial charge in [-0.2, -0.15) is 0 Å². The number of nitrogens with one attached hydrogen (secondary N) is 2. The second kappa shape index (κ2) is 7.74. The molecule has 0 saturated heterocycles. The zero-order chi connectivity index (χ0) is 14.2. The zero-order valence-corrected chi connectivity index (χ0v) is 12.1. The average molecular weight is 291 g/mol. The Morgan fingerprint density at radius 1 is 1.35 bits per heavy atom. The van der Waals surface area contributed by atoms with E-state index in [1.165, 1.54) is 11.3 Å². The highest BCUT2D eigenvalue weighted by Gasteiger charge is 2.11. The summed E-state index contributed by atoms with van der Waals surface area (Å²) in [6.07, 6.45) is 0. The summed E-state index contributed by atoms with van der Waals surface area (Å²) in [4.78, 5) is 16.1. The van der Waals surface area contributed by atoms with Gasteiger partial charge in [-0.15, -0.1) is 11.3 Å². The number of aromatic nitrogens is 1. The molecule has 5 nitrogen and oxygen atoms in total. The lowest BCUT2D eigenvalue weighted by atomic mass is 10.2. The lowest BCUT2D eigenvalue weighted by Gasteiger charge is -2.06. The van der Waals surface area contributed by atoms with Crippen LogP contribution in [-0.2, 0) is 9.53 Å². The second-order valence-electron chi connectivity index (χ2n) is 4.11. The van der Waals surface area contributed by atoms with E-state index in [1.54, 1.807) is 12.6 Å². The molecule has 0 radical (unpaired) electrons. The van der Waals surface area contributed by atoms with Gasteiger partial charge in [-0.25, -0.2) is 4.98 Å². The molecule has 106 valence electrons. The van der Waals surface area contributed by atoms with Crippen LogP contribution in [0.25, 0.3) is 11.3 Å². The molecule has 1 heterocycles. The molecule has 1 aromatic carbocycles. The van der Waals surface area contributed by atoms with Gasteiger partial charge in [0.2, 0.25) is 5.91 Å². The number of carbonyl (C=O) groups is 1. The highest BCUT2D eigenvalue weighted by molar-refractivity contribution is 7.14. The molecule has 2 rings (SSSR count). The van der Waals surface area contributed by atoms with E-state index >= 15 is 0 Å². The summed E-state index contributed by atoms with van der Waals surface area (Å²) in [5, 5.41) is 6.66. The topological polar surface area (TPSA) is 63.2 Å². The molecule has 0 aliphatic heterocycles. The molecule has 0 atom stereocenters. The van der Waals surface area contributed by atoms with Gasteiger partial charge in [0.15, 0.2) is 0 Å². The molecular formula is C14H17N3O2S. The van der Waals surface area contributed by atoms with Crippen molar-refractivity contribution >= 4 is 22.2 Å². The van der Waals surface area contributed by atoms with Crippen LogP contribution >= 0.6 is 11.3 Å². The molecular weight excluding hydrogens is 274 g/mol. The first-order valence-electron chi connectivity index (χ1n) is 6.29. The van der Waals surface area contributed by atoms with Crippen molar-refractivity contribution in [2.75, 3.05) is 32.1 Å². The third kappa shape index (κ3) is 4.12. The van der Waals surface area contributed by atoms with E-state index in [-0.39, 0.29) is 12.5 Å². The number of rotatable bonds is 7.